The fraction of sp³-hybridized carbons (Fsp3) is 0.600. The lowest BCUT2D eigenvalue weighted by atomic mass is 10.2. The minimum absolute atomic E-state index is 0.0243. The van der Waals surface area contributed by atoms with Crippen LogP contribution in [0.4, 0.5) is 0 Å². The highest BCUT2D eigenvalue weighted by molar-refractivity contribution is 7.88. The molecule has 21 heavy (non-hydrogen) atoms. The highest BCUT2D eigenvalue weighted by atomic mass is 32.2. The molecule has 0 radical (unpaired) electrons. The Hall–Kier alpha value is -0.950. The fourth-order valence-electron chi connectivity index (χ4n) is 2.73. The maximum absolute atomic E-state index is 12.5. The van der Waals surface area contributed by atoms with Crippen LogP contribution >= 0.6 is 0 Å². The Balaban J connectivity index is 2.04. The summed E-state index contributed by atoms with van der Waals surface area (Å²) in [7, 11) is -3.28. The highest BCUT2D eigenvalue weighted by Crippen LogP contribution is 2.17. The summed E-state index contributed by atoms with van der Waals surface area (Å²) in [4.78, 5) is 2.29. The summed E-state index contributed by atoms with van der Waals surface area (Å²) < 4.78 is 26.6. The van der Waals surface area contributed by atoms with Crippen molar-refractivity contribution < 1.29 is 13.5 Å². The first kappa shape index (κ1) is 16.4. The van der Waals surface area contributed by atoms with Crippen LogP contribution in [0.5, 0.6) is 0 Å². The van der Waals surface area contributed by atoms with E-state index >= 15 is 0 Å². The van der Waals surface area contributed by atoms with Gasteiger partial charge in [-0.3, -0.25) is 4.90 Å². The summed E-state index contributed by atoms with van der Waals surface area (Å²) >= 11 is 0. The largest absolute Gasteiger partial charge is 0.392 e. The minimum Gasteiger partial charge on any atom is -0.392 e. The van der Waals surface area contributed by atoms with E-state index in [1.807, 2.05) is 0 Å². The minimum atomic E-state index is -3.28. The summed E-state index contributed by atoms with van der Waals surface area (Å²) in [5.41, 5.74) is 1.55. The summed E-state index contributed by atoms with van der Waals surface area (Å²) in [5, 5.41) is 9.01. The summed E-state index contributed by atoms with van der Waals surface area (Å²) in [6, 6.07) is 7.34. The number of aliphatic hydroxyl groups excluding tert-OH is 1. The zero-order chi connectivity index (χ0) is 15.5. The van der Waals surface area contributed by atoms with Crippen LogP contribution in [0.3, 0.4) is 0 Å². The van der Waals surface area contributed by atoms with Crippen molar-refractivity contribution in [2.75, 3.05) is 26.2 Å². The first-order valence-electron chi connectivity index (χ1n) is 7.37. The van der Waals surface area contributed by atoms with Crippen molar-refractivity contribution in [1.29, 1.82) is 0 Å². The Morgan fingerprint density at radius 3 is 2.33 bits per heavy atom. The first-order chi connectivity index (χ1) is 9.96. The predicted molar refractivity (Wildman–Crippen MR) is 83.3 cm³/mol. The molecule has 1 aromatic rings. The monoisotopic (exact) mass is 312 g/mol. The van der Waals surface area contributed by atoms with Crippen molar-refractivity contribution >= 4 is 10.0 Å². The molecule has 1 heterocycles. The number of sulfonamides is 1. The van der Waals surface area contributed by atoms with Crippen LogP contribution < -0.4 is 0 Å². The lowest BCUT2D eigenvalue weighted by Crippen LogP contribution is -2.53. The van der Waals surface area contributed by atoms with Crippen LogP contribution in [0.25, 0.3) is 0 Å². The topological polar surface area (TPSA) is 60.9 Å². The van der Waals surface area contributed by atoms with E-state index in [1.54, 1.807) is 28.6 Å². The van der Waals surface area contributed by atoms with Crippen molar-refractivity contribution in [3.63, 3.8) is 0 Å². The van der Waals surface area contributed by atoms with Crippen LogP contribution in [0, 0.1) is 0 Å². The van der Waals surface area contributed by atoms with Crippen LogP contribution in [-0.2, 0) is 22.4 Å². The third kappa shape index (κ3) is 4.03. The van der Waals surface area contributed by atoms with E-state index in [-0.39, 0.29) is 18.4 Å². The molecule has 118 valence electrons. The molecule has 2 rings (SSSR count). The van der Waals surface area contributed by atoms with Gasteiger partial charge in [0.2, 0.25) is 10.0 Å². The zero-order valence-corrected chi connectivity index (χ0v) is 13.5. The van der Waals surface area contributed by atoms with Gasteiger partial charge in [-0.15, -0.1) is 0 Å². The maximum atomic E-state index is 12.5. The third-order valence-corrected chi connectivity index (χ3v) is 5.90. The van der Waals surface area contributed by atoms with Gasteiger partial charge in [-0.1, -0.05) is 31.2 Å². The van der Waals surface area contributed by atoms with Crippen LogP contribution in [0.1, 0.15) is 25.0 Å². The van der Waals surface area contributed by atoms with E-state index in [9.17, 15) is 8.42 Å². The second kappa shape index (κ2) is 6.87. The van der Waals surface area contributed by atoms with Crippen molar-refractivity contribution in [3.05, 3.63) is 35.4 Å². The second-order valence-corrected chi connectivity index (χ2v) is 7.54. The normalized spacial score (nSPS) is 21.6. The van der Waals surface area contributed by atoms with Crippen molar-refractivity contribution in [2.45, 2.75) is 32.2 Å². The number of rotatable bonds is 5. The SMILES string of the molecule is CCN1CCN(S(=O)(=O)Cc2ccc(CO)cc2)CC1C. The quantitative estimate of drug-likeness (QED) is 0.882. The van der Waals surface area contributed by atoms with Crippen LogP contribution in [0.15, 0.2) is 24.3 Å². The van der Waals surface area contributed by atoms with Crippen LogP contribution in [0.2, 0.25) is 0 Å². The van der Waals surface area contributed by atoms with E-state index in [2.05, 4.69) is 18.7 Å². The van der Waals surface area contributed by atoms with Crippen molar-refractivity contribution in [1.82, 2.24) is 9.21 Å². The lowest BCUT2D eigenvalue weighted by Gasteiger charge is -2.38. The van der Waals surface area contributed by atoms with E-state index in [0.717, 1.165) is 24.2 Å². The van der Waals surface area contributed by atoms with Gasteiger partial charge < -0.3 is 5.11 Å². The molecule has 1 aromatic carbocycles. The molecule has 1 aliphatic rings. The Labute approximate surface area is 127 Å². The molecule has 0 saturated carbocycles. The Morgan fingerprint density at radius 2 is 1.81 bits per heavy atom. The molecule has 0 aliphatic carbocycles. The van der Waals surface area contributed by atoms with E-state index in [4.69, 9.17) is 5.11 Å². The molecule has 0 amide bonds. The number of hydrogen-bond donors (Lipinski definition) is 1. The number of likely N-dealkylation sites (N-methyl/N-ethyl adjacent to an activating group) is 1. The number of nitrogens with zero attached hydrogens (tertiary/aromatic N) is 2. The number of benzene rings is 1. The Morgan fingerprint density at radius 1 is 1.19 bits per heavy atom. The lowest BCUT2D eigenvalue weighted by molar-refractivity contribution is 0.135. The summed E-state index contributed by atoms with van der Waals surface area (Å²) in [5.74, 6) is 0.0254. The fourth-order valence-corrected chi connectivity index (χ4v) is 4.33. The van der Waals surface area contributed by atoms with Gasteiger partial charge in [0, 0.05) is 25.7 Å². The molecule has 1 N–H and O–H groups in total. The van der Waals surface area contributed by atoms with E-state index in [0.29, 0.717) is 13.1 Å². The average Bonchev–Trinajstić information content (AvgIpc) is 2.47. The van der Waals surface area contributed by atoms with E-state index in [1.165, 1.54) is 0 Å². The molecule has 1 fully saturated rings. The number of piperazine rings is 1. The third-order valence-electron chi connectivity index (χ3n) is 4.08. The van der Waals surface area contributed by atoms with Gasteiger partial charge >= 0.3 is 0 Å². The molecule has 1 unspecified atom stereocenters. The van der Waals surface area contributed by atoms with Crippen molar-refractivity contribution in [2.24, 2.45) is 0 Å². The Kier molecular flexibility index (Phi) is 5.37. The average molecular weight is 312 g/mol. The summed E-state index contributed by atoms with van der Waals surface area (Å²) in [6.07, 6.45) is 0. The number of aliphatic hydroxyl groups is 1. The van der Waals surface area contributed by atoms with Gasteiger partial charge in [0.15, 0.2) is 0 Å². The molecule has 1 aliphatic heterocycles. The smallest absolute Gasteiger partial charge is 0.218 e. The van der Waals surface area contributed by atoms with Gasteiger partial charge in [-0.25, -0.2) is 8.42 Å². The van der Waals surface area contributed by atoms with E-state index < -0.39 is 10.0 Å². The maximum Gasteiger partial charge on any atom is 0.218 e. The van der Waals surface area contributed by atoms with Crippen molar-refractivity contribution in [3.8, 4) is 0 Å². The van der Waals surface area contributed by atoms with Gasteiger partial charge in [0.05, 0.1) is 12.4 Å². The van der Waals surface area contributed by atoms with Crippen LogP contribution in [-0.4, -0.2) is 55.0 Å². The molecule has 6 heteroatoms. The zero-order valence-electron chi connectivity index (χ0n) is 12.7. The molecule has 0 bridgehead atoms. The second-order valence-electron chi connectivity index (χ2n) is 5.57. The predicted octanol–water partition coefficient (Wildman–Crippen LogP) is 1.03. The standard InChI is InChI=1S/C15H24N2O3S/c1-3-16-8-9-17(10-13(16)2)21(19,20)12-15-6-4-14(11-18)5-7-15/h4-7,13,18H,3,8-12H2,1-2H3. The molecule has 0 spiro atoms. The molecule has 1 atom stereocenters. The molecule has 5 nitrogen and oxygen atoms in total. The highest BCUT2D eigenvalue weighted by Gasteiger charge is 2.30. The van der Waals surface area contributed by atoms with Gasteiger partial charge in [-0.2, -0.15) is 4.31 Å². The molecular formula is C15H24N2O3S. The summed E-state index contributed by atoms with van der Waals surface area (Å²) in [6.45, 7) is 7.02. The Bertz CT molecular complexity index is 557. The van der Waals surface area contributed by atoms with Gasteiger partial charge in [0.25, 0.3) is 0 Å². The first-order valence-corrected chi connectivity index (χ1v) is 8.97. The molecular weight excluding hydrogens is 288 g/mol. The van der Waals surface area contributed by atoms with Gasteiger partial charge in [0.1, 0.15) is 0 Å². The van der Waals surface area contributed by atoms with Gasteiger partial charge in [-0.05, 0) is 24.6 Å². The number of hydrogen-bond acceptors (Lipinski definition) is 4. The molecule has 0 aromatic heterocycles. The molecule has 1 saturated heterocycles.